The lowest BCUT2D eigenvalue weighted by atomic mass is 10.1. The molecule has 2 rings (SSSR count). The molecule has 1 atom stereocenters. The molecule has 1 heterocycles. The molecule has 11 nitrogen and oxygen atoms in total. The topological polar surface area (TPSA) is 158 Å². The Morgan fingerprint density at radius 3 is 2.12 bits per heavy atom. The number of nitrogen functional groups attached to an aromatic ring is 2. The molecule has 34 heavy (non-hydrogen) atoms. The lowest BCUT2D eigenvalue weighted by Gasteiger charge is -2.15. The number of rotatable bonds is 17. The summed E-state index contributed by atoms with van der Waals surface area (Å²) in [5.74, 6) is -1.03. The Hall–Kier alpha value is -2.99. The SMILES string of the molecule is CC(NCCOCCOCCOCCNC(=O)CCN1C(=O)C=CC1=O)c1ccc(N)c(N)c1. The number of carbonyl (C=O) groups excluding carboxylic acids is 3. The third-order valence-corrected chi connectivity index (χ3v) is 5.08. The van der Waals surface area contributed by atoms with Gasteiger partial charge in [-0.3, -0.25) is 19.3 Å². The minimum absolute atomic E-state index is 0.0622. The molecule has 0 radical (unpaired) electrons. The fourth-order valence-corrected chi connectivity index (χ4v) is 3.09. The summed E-state index contributed by atoms with van der Waals surface area (Å²) < 4.78 is 16.4. The van der Waals surface area contributed by atoms with Crippen molar-refractivity contribution >= 4 is 29.1 Å². The van der Waals surface area contributed by atoms with Crippen molar-refractivity contribution in [3.05, 3.63) is 35.9 Å². The Bertz CT molecular complexity index is 829. The average molecular weight is 478 g/mol. The van der Waals surface area contributed by atoms with E-state index in [2.05, 4.69) is 17.6 Å². The van der Waals surface area contributed by atoms with Crippen molar-refractivity contribution in [3.63, 3.8) is 0 Å². The molecule has 0 fully saturated rings. The molecular weight excluding hydrogens is 442 g/mol. The van der Waals surface area contributed by atoms with Crippen molar-refractivity contribution in [2.24, 2.45) is 0 Å². The Labute approximate surface area is 199 Å². The Morgan fingerprint density at radius 2 is 1.50 bits per heavy atom. The van der Waals surface area contributed by atoms with Gasteiger partial charge in [-0.1, -0.05) is 6.07 Å². The van der Waals surface area contributed by atoms with Gasteiger partial charge in [0.05, 0.1) is 51.0 Å². The number of hydrogen-bond donors (Lipinski definition) is 4. The van der Waals surface area contributed by atoms with E-state index in [0.29, 0.717) is 64.1 Å². The highest BCUT2D eigenvalue weighted by molar-refractivity contribution is 6.13. The predicted molar refractivity (Wildman–Crippen MR) is 128 cm³/mol. The van der Waals surface area contributed by atoms with Crippen LogP contribution < -0.4 is 22.1 Å². The number of nitrogens with two attached hydrogens (primary N) is 2. The maximum Gasteiger partial charge on any atom is 0.253 e. The molecule has 0 saturated carbocycles. The molecule has 0 saturated heterocycles. The summed E-state index contributed by atoms with van der Waals surface area (Å²) in [7, 11) is 0. The van der Waals surface area contributed by atoms with E-state index in [1.165, 1.54) is 12.2 Å². The molecule has 0 spiro atoms. The molecule has 1 aliphatic rings. The maximum absolute atomic E-state index is 11.7. The van der Waals surface area contributed by atoms with Crippen molar-refractivity contribution in [2.45, 2.75) is 19.4 Å². The number of benzene rings is 1. The number of nitrogens with zero attached hydrogens (tertiary/aromatic N) is 1. The van der Waals surface area contributed by atoms with Crippen LogP contribution in [-0.2, 0) is 28.6 Å². The van der Waals surface area contributed by atoms with E-state index in [-0.39, 0.29) is 24.9 Å². The highest BCUT2D eigenvalue weighted by Gasteiger charge is 2.23. The van der Waals surface area contributed by atoms with Crippen LogP contribution in [0.1, 0.15) is 24.9 Å². The standard InChI is InChI=1S/C23H35N5O6/c1-17(18-2-3-19(24)20(25)16-18)26-7-10-32-12-14-34-15-13-33-11-8-27-21(29)6-9-28-22(30)4-5-23(28)31/h2-5,16-17,26H,6-15,24-25H2,1H3,(H,27,29). The zero-order chi connectivity index (χ0) is 24.8. The molecular formula is C23H35N5O6. The molecule has 1 unspecified atom stereocenters. The molecule has 0 bridgehead atoms. The minimum Gasteiger partial charge on any atom is -0.397 e. The van der Waals surface area contributed by atoms with Gasteiger partial charge in [0.2, 0.25) is 5.91 Å². The Balaban J connectivity index is 1.35. The van der Waals surface area contributed by atoms with Crippen molar-refractivity contribution in [3.8, 4) is 0 Å². The van der Waals surface area contributed by atoms with Gasteiger partial charge in [-0.05, 0) is 24.6 Å². The van der Waals surface area contributed by atoms with E-state index >= 15 is 0 Å². The van der Waals surface area contributed by atoms with Crippen LogP contribution >= 0.6 is 0 Å². The summed E-state index contributed by atoms with van der Waals surface area (Å²) in [6.07, 6.45) is 2.45. The number of hydrogen-bond acceptors (Lipinski definition) is 9. The van der Waals surface area contributed by atoms with Crippen molar-refractivity contribution in [1.82, 2.24) is 15.5 Å². The van der Waals surface area contributed by atoms with Crippen molar-refractivity contribution < 1.29 is 28.6 Å². The maximum atomic E-state index is 11.7. The molecule has 6 N–H and O–H groups in total. The van der Waals surface area contributed by atoms with E-state index in [0.717, 1.165) is 10.5 Å². The van der Waals surface area contributed by atoms with E-state index in [1.807, 2.05) is 12.1 Å². The van der Waals surface area contributed by atoms with Crippen LogP contribution in [0, 0.1) is 0 Å². The van der Waals surface area contributed by atoms with Crippen molar-refractivity contribution in [2.75, 3.05) is 70.7 Å². The van der Waals surface area contributed by atoms with Crippen LogP contribution in [0.3, 0.4) is 0 Å². The van der Waals surface area contributed by atoms with E-state index in [9.17, 15) is 14.4 Å². The largest absolute Gasteiger partial charge is 0.397 e. The second-order valence-corrected chi connectivity index (χ2v) is 7.66. The zero-order valence-electron chi connectivity index (χ0n) is 19.6. The summed E-state index contributed by atoms with van der Waals surface area (Å²) >= 11 is 0. The highest BCUT2D eigenvalue weighted by atomic mass is 16.5. The minimum atomic E-state index is -0.391. The van der Waals surface area contributed by atoms with Gasteiger partial charge in [0, 0.05) is 44.2 Å². The van der Waals surface area contributed by atoms with Crippen LogP contribution in [0.15, 0.2) is 30.4 Å². The van der Waals surface area contributed by atoms with Gasteiger partial charge in [-0.25, -0.2) is 0 Å². The zero-order valence-corrected chi connectivity index (χ0v) is 19.6. The molecule has 188 valence electrons. The number of anilines is 2. The van der Waals surface area contributed by atoms with Crippen LogP contribution in [-0.4, -0.2) is 81.9 Å². The quantitative estimate of drug-likeness (QED) is 0.137. The highest BCUT2D eigenvalue weighted by Crippen LogP contribution is 2.20. The van der Waals surface area contributed by atoms with E-state index in [1.54, 1.807) is 6.07 Å². The second kappa shape index (κ2) is 15.0. The molecule has 3 amide bonds. The summed E-state index contributed by atoms with van der Waals surface area (Å²) in [4.78, 5) is 35.6. The first-order valence-electron chi connectivity index (χ1n) is 11.3. The third kappa shape index (κ3) is 9.87. The third-order valence-electron chi connectivity index (χ3n) is 5.08. The summed E-state index contributed by atoms with van der Waals surface area (Å²) in [6, 6.07) is 5.77. The van der Waals surface area contributed by atoms with Gasteiger partial charge in [0.15, 0.2) is 0 Å². The number of ether oxygens (including phenoxy) is 3. The lowest BCUT2D eigenvalue weighted by Crippen LogP contribution is -2.35. The van der Waals surface area contributed by atoms with Crippen LogP contribution in [0.4, 0.5) is 11.4 Å². The summed E-state index contributed by atoms with van der Waals surface area (Å²) in [6.45, 7) is 5.85. The first-order chi connectivity index (χ1) is 16.4. The van der Waals surface area contributed by atoms with Gasteiger partial charge >= 0.3 is 0 Å². The summed E-state index contributed by atoms with van der Waals surface area (Å²) in [5, 5.41) is 6.04. The van der Waals surface area contributed by atoms with Gasteiger partial charge < -0.3 is 36.3 Å². The number of carbonyl (C=O) groups is 3. The first-order valence-corrected chi connectivity index (χ1v) is 11.3. The van der Waals surface area contributed by atoms with Crippen LogP contribution in [0.2, 0.25) is 0 Å². The molecule has 1 aromatic rings. The van der Waals surface area contributed by atoms with E-state index in [4.69, 9.17) is 25.7 Å². The molecule has 0 aliphatic carbocycles. The number of nitrogens with one attached hydrogen (secondary N) is 2. The number of amides is 3. The normalized spacial score (nSPS) is 14.1. The number of imide groups is 1. The predicted octanol–water partition coefficient (Wildman–Crippen LogP) is -0.0173. The van der Waals surface area contributed by atoms with Gasteiger partial charge in [-0.2, -0.15) is 0 Å². The molecule has 0 aromatic heterocycles. The Kier molecular flexibility index (Phi) is 12.0. The Morgan fingerprint density at radius 1 is 0.912 bits per heavy atom. The molecule has 1 aliphatic heterocycles. The fraction of sp³-hybridized carbons (Fsp3) is 0.522. The van der Waals surface area contributed by atoms with Gasteiger partial charge in [0.25, 0.3) is 11.8 Å². The van der Waals surface area contributed by atoms with Gasteiger partial charge in [-0.15, -0.1) is 0 Å². The molecule has 11 heteroatoms. The molecule has 1 aromatic carbocycles. The lowest BCUT2D eigenvalue weighted by molar-refractivity contribution is -0.137. The second-order valence-electron chi connectivity index (χ2n) is 7.66. The van der Waals surface area contributed by atoms with Gasteiger partial charge in [0.1, 0.15) is 0 Å². The van der Waals surface area contributed by atoms with Crippen LogP contribution in [0.25, 0.3) is 0 Å². The van der Waals surface area contributed by atoms with E-state index < -0.39 is 11.8 Å². The average Bonchev–Trinajstić information content (AvgIpc) is 3.14. The van der Waals surface area contributed by atoms with Crippen molar-refractivity contribution in [1.29, 1.82) is 0 Å². The van der Waals surface area contributed by atoms with Crippen LogP contribution in [0.5, 0.6) is 0 Å². The fourth-order valence-electron chi connectivity index (χ4n) is 3.09. The first kappa shape index (κ1) is 27.3. The summed E-state index contributed by atoms with van der Waals surface area (Å²) in [5.41, 5.74) is 13.8. The smallest absolute Gasteiger partial charge is 0.253 e. The monoisotopic (exact) mass is 477 g/mol.